The van der Waals surface area contributed by atoms with Gasteiger partial charge in [0, 0.05) is 30.4 Å². The summed E-state index contributed by atoms with van der Waals surface area (Å²) in [6, 6.07) is 0.129. The van der Waals surface area contributed by atoms with Crippen LogP contribution in [0.1, 0.15) is 50.8 Å². The van der Waals surface area contributed by atoms with Crippen molar-refractivity contribution in [3.63, 3.8) is 0 Å². The number of aromatic nitrogens is 4. The molecule has 21 heavy (non-hydrogen) atoms. The van der Waals surface area contributed by atoms with Crippen LogP contribution in [0.15, 0.2) is 6.20 Å². The Kier molecular flexibility index (Phi) is 4.63. The van der Waals surface area contributed by atoms with Crippen molar-refractivity contribution < 1.29 is 4.74 Å². The van der Waals surface area contributed by atoms with Gasteiger partial charge < -0.3 is 10.1 Å². The Morgan fingerprint density at radius 1 is 1.43 bits per heavy atom. The standard InChI is InChI=1S/C14H23N5OS/c1-9(15-13-16-12(8-20-6)18-21-13)11-7-19(14(3,4)5)17-10(11)2/h7,9H,8H2,1-6H3,(H,15,16,18). The minimum Gasteiger partial charge on any atom is -0.377 e. The second-order valence-electron chi connectivity index (χ2n) is 6.10. The van der Waals surface area contributed by atoms with Gasteiger partial charge in [-0.1, -0.05) is 0 Å². The van der Waals surface area contributed by atoms with E-state index in [1.165, 1.54) is 17.1 Å². The lowest BCUT2D eigenvalue weighted by atomic mass is 10.1. The van der Waals surface area contributed by atoms with Crippen LogP contribution >= 0.6 is 11.5 Å². The van der Waals surface area contributed by atoms with Crippen molar-refractivity contribution in [2.75, 3.05) is 12.4 Å². The largest absolute Gasteiger partial charge is 0.377 e. The summed E-state index contributed by atoms with van der Waals surface area (Å²) < 4.78 is 11.3. The Bertz CT molecular complexity index is 599. The van der Waals surface area contributed by atoms with Crippen molar-refractivity contribution >= 4 is 16.7 Å². The molecule has 2 rings (SSSR count). The van der Waals surface area contributed by atoms with E-state index in [4.69, 9.17) is 4.74 Å². The number of hydrogen-bond acceptors (Lipinski definition) is 6. The van der Waals surface area contributed by atoms with Gasteiger partial charge in [-0.05, 0) is 34.6 Å². The molecule has 116 valence electrons. The summed E-state index contributed by atoms with van der Waals surface area (Å²) >= 11 is 1.35. The van der Waals surface area contributed by atoms with Gasteiger partial charge in [-0.25, -0.2) is 4.98 Å². The van der Waals surface area contributed by atoms with Crippen LogP contribution in [0.5, 0.6) is 0 Å². The number of ether oxygens (including phenoxy) is 1. The summed E-state index contributed by atoms with van der Waals surface area (Å²) in [5, 5.41) is 8.79. The van der Waals surface area contributed by atoms with E-state index in [0.29, 0.717) is 12.4 Å². The SMILES string of the molecule is COCc1nsc(NC(C)c2cn(C(C)(C)C)nc2C)n1. The van der Waals surface area contributed by atoms with Gasteiger partial charge in [0.25, 0.3) is 0 Å². The molecule has 2 aromatic rings. The van der Waals surface area contributed by atoms with Gasteiger partial charge in [0.1, 0.15) is 6.61 Å². The van der Waals surface area contributed by atoms with Crippen LogP contribution in [0.2, 0.25) is 0 Å². The lowest BCUT2D eigenvalue weighted by Crippen LogP contribution is -2.22. The third-order valence-corrected chi connectivity index (χ3v) is 3.86. The van der Waals surface area contributed by atoms with Crippen molar-refractivity contribution in [1.82, 2.24) is 19.1 Å². The maximum absolute atomic E-state index is 5.03. The number of nitrogens with one attached hydrogen (secondary N) is 1. The van der Waals surface area contributed by atoms with Crippen molar-refractivity contribution in [3.05, 3.63) is 23.3 Å². The Morgan fingerprint density at radius 3 is 2.71 bits per heavy atom. The van der Waals surface area contributed by atoms with E-state index >= 15 is 0 Å². The van der Waals surface area contributed by atoms with Gasteiger partial charge in [0.15, 0.2) is 5.82 Å². The molecule has 2 aromatic heterocycles. The van der Waals surface area contributed by atoms with Crippen molar-refractivity contribution in [3.8, 4) is 0 Å². The van der Waals surface area contributed by atoms with E-state index in [-0.39, 0.29) is 11.6 Å². The first-order valence-electron chi connectivity index (χ1n) is 6.96. The number of hydrogen-bond donors (Lipinski definition) is 1. The summed E-state index contributed by atoms with van der Waals surface area (Å²) in [4.78, 5) is 4.39. The molecular weight excluding hydrogens is 286 g/mol. The van der Waals surface area contributed by atoms with Gasteiger partial charge in [-0.3, -0.25) is 4.68 Å². The summed E-state index contributed by atoms with van der Waals surface area (Å²) in [6.45, 7) is 11.0. The molecule has 0 aliphatic carbocycles. The van der Waals surface area contributed by atoms with E-state index in [0.717, 1.165) is 10.8 Å². The van der Waals surface area contributed by atoms with Gasteiger partial charge in [0.05, 0.1) is 17.3 Å². The van der Waals surface area contributed by atoms with Gasteiger partial charge in [0.2, 0.25) is 5.13 Å². The van der Waals surface area contributed by atoms with Crippen LogP contribution in [0.25, 0.3) is 0 Å². The second kappa shape index (κ2) is 6.11. The first-order valence-corrected chi connectivity index (χ1v) is 7.73. The minimum absolute atomic E-state index is 0.0168. The lowest BCUT2D eigenvalue weighted by Gasteiger charge is -2.19. The number of aryl methyl sites for hydroxylation is 1. The fourth-order valence-electron chi connectivity index (χ4n) is 2.01. The molecule has 1 atom stereocenters. The first-order chi connectivity index (χ1) is 9.81. The smallest absolute Gasteiger partial charge is 0.203 e. The van der Waals surface area contributed by atoms with Crippen LogP contribution in [0, 0.1) is 6.92 Å². The molecule has 0 aliphatic rings. The highest BCUT2D eigenvalue weighted by atomic mass is 32.1. The Labute approximate surface area is 129 Å². The maximum atomic E-state index is 5.03. The average molecular weight is 309 g/mol. The van der Waals surface area contributed by atoms with Crippen molar-refractivity contribution in [1.29, 1.82) is 0 Å². The zero-order valence-corrected chi connectivity index (χ0v) is 14.3. The van der Waals surface area contributed by atoms with Crippen LogP contribution in [-0.2, 0) is 16.9 Å². The number of rotatable bonds is 5. The number of nitrogens with zero attached hydrogens (tertiary/aromatic N) is 4. The lowest BCUT2D eigenvalue weighted by molar-refractivity contribution is 0.179. The van der Waals surface area contributed by atoms with E-state index in [2.05, 4.69) is 53.7 Å². The van der Waals surface area contributed by atoms with Crippen LogP contribution in [-0.4, -0.2) is 26.2 Å². The summed E-state index contributed by atoms with van der Waals surface area (Å²) in [7, 11) is 1.64. The molecule has 1 unspecified atom stereocenters. The summed E-state index contributed by atoms with van der Waals surface area (Å²) in [6.07, 6.45) is 2.10. The highest BCUT2D eigenvalue weighted by molar-refractivity contribution is 7.09. The Morgan fingerprint density at radius 2 is 2.14 bits per heavy atom. The molecule has 0 bridgehead atoms. The molecule has 6 nitrogen and oxygen atoms in total. The number of methoxy groups -OCH3 is 1. The third kappa shape index (κ3) is 3.79. The topological polar surface area (TPSA) is 64.9 Å². The van der Waals surface area contributed by atoms with Crippen molar-refractivity contribution in [2.24, 2.45) is 0 Å². The fraction of sp³-hybridized carbons (Fsp3) is 0.643. The molecule has 0 aliphatic heterocycles. The molecule has 1 N–H and O–H groups in total. The predicted octanol–water partition coefficient (Wildman–Crippen LogP) is 3.12. The van der Waals surface area contributed by atoms with E-state index in [9.17, 15) is 0 Å². The zero-order valence-electron chi connectivity index (χ0n) is 13.5. The summed E-state index contributed by atoms with van der Waals surface area (Å²) in [5.41, 5.74) is 2.19. The van der Waals surface area contributed by atoms with Gasteiger partial charge in [-0.2, -0.15) is 9.47 Å². The highest BCUT2D eigenvalue weighted by Crippen LogP contribution is 2.25. The Balaban J connectivity index is 2.12. The fourth-order valence-corrected chi connectivity index (χ4v) is 2.67. The molecule has 0 aromatic carbocycles. The quantitative estimate of drug-likeness (QED) is 0.919. The zero-order chi connectivity index (χ0) is 15.6. The summed E-state index contributed by atoms with van der Waals surface area (Å²) in [5.74, 6) is 0.708. The Hall–Kier alpha value is -1.47. The van der Waals surface area contributed by atoms with Crippen LogP contribution in [0.4, 0.5) is 5.13 Å². The molecule has 0 spiro atoms. The van der Waals surface area contributed by atoms with E-state index < -0.39 is 0 Å². The number of anilines is 1. The third-order valence-electron chi connectivity index (χ3n) is 3.17. The minimum atomic E-state index is -0.0168. The maximum Gasteiger partial charge on any atom is 0.203 e. The van der Waals surface area contributed by atoms with Crippen LogP contribution in [0.3, 0.4) is 0 Å². The molecule has 0 fully saturated rings. The molecule has 2 heterocycles. The molecule has 0 saturated heterocycles. The predicted molar refractivity (Wildman–Crippen MR) is 84.6 cm³/mol. The van der Waals surface area contributed by atoms with E-state index in [1.807, 2.05) is 11.6 Å². The van der Waals surface area contributed by atoms with Crippen molar-refractivity contribution in [2.45, 2.75) is 52.8 Å². The molecule has 7 heteroatoms. The first kappa shape index (κ1) is 15.9. The van der Waals surface area contributed by atoms with Gasteiger partial charge in [-0.15, -0.1) is 0 Å². The second-order valence-corrected chi connectivity index (χ2v) is 6.85. The average Bonchev–Trinajstić information content (AvgIpc) is 2.96. The molecule has 0 radical (unpaired) electrons. The molecular formula is C14H23N5OS. The highest BCUT2D eigenvalue weighted by Gasteiger charge is 2.19. The van der Waals surface area contributed by atoms with Crippen LogP contribution < -0.4 is 5.32 Å². The monoisotopic (exact) mass is 309 g/mol. The molecule has 0 saturated carbocycles. The molecule has 0 amide bonds. The van der Waals surface area contributed by atoms with E-state index in [1.54, 1.807) is 7.11 Å². The normalized spacial score (nSPS) is 13.4. The van der Waals surface area contributed by atoms with Gasteiger partial charge >= 0.3 is 0 Å².